The Balaban J connectivity index is 1.41. The minimum Gasteiger partial charge on any atom is -0.461 e. The summed E-state index contributed by atoms with van der Waals surface area (Å²) in [4.78, 5) is 13.3. The molecule has 2 aromatic heterocycles. The van der Waals surface area contributed by atoms with E-state index in [1.165, 1.54) is 4.90 Å². The first kappa shape index (κ1) is 29.6. The molecule has 220 valence electrons. The summed E-state index contributed by atoms with van der Waals surface area (Å²) in [5.41, 5.74) is 14.4. The molecule has 10 nitrogen and oxygen atoms in total. The first-order chi connectivity index (χ1) is 20.1. The molecule has 0 saturated carbocycles. The maximum atomic E-state index is 8.25. The lowest BCUT2D eigenvalue weighted by atomic mass is 9.94. The van der Waals surface area contributed by atoms with Crippen LogP contribution in [-0.4, -0.2) is 52.3 Å². The molecular weight excluding hydrogens is 573 g/mol. The van der Waals surface area contributed by atoms with Crippen LogP contribution in [0.15, 0.2) is 52.9 Å². The van der Waals surface area contributed by atoms with E-state index in [1.54, 1.807) is 24.3 Å². The van der Waals surface area contributed by atoms with E-state index >= 15 is 0 Å². The second kappa shape index (κ2) is 12.6. The van der Waals surface area contributed by atoms with Gasteiger partial charge in [-0.1, -0.05) is 30.1 Å². The number of anilines is 3. The highest BCUT2D eigenvalue weighted by Crippen LogP contribution is 2.32. The number of benzene rings is 2. The molecule has 0 spiro atoms. The molecule has 5 rings (SSSR count). The van der Waals surface area contributed by atoms with Crippen molar-refractivity contribution in [2.45, 2.75) is 39.2 Å². The van der Waals surface area contributed by atoms with Gasteiger partial charge in [0.15, 0.2) is 5.96 Å². The van der Waals surface area contributed by atoms with E-state index < -0.39 is 0 Å². The predicted octanol–water partition coefficient (Wildman–Crippen LogP) is 5.91. The first-order valence-corrected chi connectivity index (χ1v) is 14.7. The van der Waals surface area contributed by atoms with Gasteiger partial charge in [-0.25, -0.2) is 9.88 Å². The van der Waals surface area contributed by atoms with Crippen LogP contribution in [0.5, 0.6) is 0 Å². The second-order valence-electron chi connectivity index (χ2n) is 10.6. The molecule has 2 aromatic carbocycles. The monoisotopic (exact) mass is 607 g/mol. The largest absolute Gasteiger partial charge is 0.461 e. The summed E-state index contributed by atoms with van der Waals surface area (Å²) in [5, 5.41) is 21.3. The highest BCUT2D eigenvalue weighted by atomic mass is 35.5. The fourth-order valence-corrected chi connectivity index (χ4v) is 5.79. The highest BCUT2D eigenvalue weighted by Gasteiger charge is 2.30. The SMILES string of the molecule is CCN1CCC(C(CCc2cc3cc(C(=N)N)ccc3o2)Nc2cc(C)nc(N(C(=N)N)c3ccc(Cl)c(Cl)c3)n2)C1. The topological polar surface area (TPSA) is 157 Å². The number of likely N-dealkylation sites (tertiary alicyclic amines) is 1. The standard InChI is InChI=1S/C30H35Cl2N9O/c1-3-40-11-10-19(16-40)25(8-6-22-14-20-13-18(28(33)34)4-9-26(20)42-22)38-27-12-17(2)37-30(39-27)41(29(35)36)21-5-7-23(31)24(32)15-21/h4-5,7,9,12-15,19,25H,3,6,8,10-11,16H2,1-2H3,(H3,33,34)(H3,35,36)(H,37,38,39). The maximum Gasteiger partial charge on any atom is 0.239 e. The zero-order valence-electron chi connectivity index (χ0n) is 23.6. The van der Waals surface area contributed by atoms with Crippen molar-refractivity contribution in [3.63, 3.8) is 0 Å². The molecule has 1 aliphatic heterocycles. The number of nitrogens with two attached hydrogens (primary N) is 2. The molecule has 1 aliphatic rings. The molecule has 0 aliphatic carbocycles. The van der Waals surface area contributed by atoms with Crippen LogP contribution in [0.4, 0.5) is 17.5 Å². The summed E-state index contributed by atoms with van der Waals surface area (Å²) in [5.74, 6) is 2.00. The summed E-state index contributed by atoms with van der Waals surface area (Å²) in [6, 6.07) is 14.6. The van der Waals surface area contributed by atoms with Gasteiger partial charge < -0.3 is 26.1 Å². The number of amidine groups is 1. The van der Waals surface area contributed by atoms with Crippen LogP contribution in [0.25, 0.3) is 11.0 Å². The molecule has 42 heavy (non-hydrogen) atoms. The number of furan rings is 1. The molecule has 0 bridgehead atoms. The van der Waals surface area contributed by atoms with E-state index in [-0.39, 0.29) is 23.8 Å². The van der Waals surface area contributed by atoms with Crippen molar-refractivity contribution in [1.82, 2.24) is 14.9 Å². The highest BCUT2D eigenvalue weighted by molar-refractivity contribution is 6.42. The number of hydrogen-bond donors (Lipinski definition) is 5. The van der Waals surface area contributed by atoms with E-state index in [1.807, 2.05) is 31.2 Å². The van der Waals surface area contributed by atoms with Gasteiger partial charge in [-0.3, -0.25) is 10.8 Å². The van der Waals surface area contributed by atoms with Crippen molar-refractivity contribution in [2.75, 3.05) is 29.9 Å². The summed E-state index contributed by atoms with van der Waals surface area (Å²) in [6.07, 6.45) is 2.63. The lowest BCUT2D eigenvalue weighted by molar-refractivity contribution is 0.327. The van der Waals surface area contributed by atoms with E-state index in [0.29, 0.717) is 33.0 Å². The molecule has 12 heteroatoms. The molecule has 1 fully saturated rings. The Bertz CT molecular complexity index is 1620. The van der Waals surface area contributed by atoms with Crippen molar-refractivity contribution in [3.05, 3.63) is 75.6 Å². The van der Waals surface area contributed by atoms with Crippen LogP contribution in [0.1, 0.15) is 36.8 Å². The van der Waals surface area contributed by atoms with E-state index in [4.69, 9.17) is 54.9 Å². The number of rotatable bonds is 10. The molecule has 7 N–H and O–H groups in total. The average molecular weight is 609 g/mol. The minimum atomic E-state index is -0.242. The lowest BCUT2D eigenvalue weighted by Gasteiger charge is -2.27. The van der Waals surface area contributed by atoms with Gasteiger partial charge in [0, 0.05) is 41.7 Å². The second-order valence-corrected chi connectivity index (χ2v) is 11.4. The third-order valence-electron chi connectivity index (χ3n) is 7.68. The number of nitrogen functional groups attached to an aromatic ring is 1. The van der Waals surface area contributed by atoms with Crippen LogP contribution in [0.2, 0.25) is 10.0 Å². The normalized spacial score (nSPS) is 16.0. The van der Waals surface area contributed by atoms with Gasteiger partial charge in [-0.15, -0.1) is 0 Å². The van der Waals surface area contributed by atoms with E-state index in [0.717, 1.165) is 61.3 Å². The number of fused-ring (bicyclic) bond motifs is 1. The Kier molecular flexibility index (Phi) is 8.86. The Labute approximate surface area is 255 Å². The smallest absolute Gasteiger partial charge is 0.239 e. The maximum absolute atomic E-state index is 8.25. The van der Waals surface area contributed by atoms with Crippen molar-refractivity contribution >= 4 is 63.4 Å². The number of nitrogens with one attached hydrogen (secondary N) is 3. The molecule has 2 unspecified atom stereocenters. The Morgan fingerprint density at radius 3 is 2.62 bits per heavy atom. The van der Waals surface area contributed by atoms with E-state index in [2.05, 4.69) is 22.1 Å². The molecule has 0 radical (unpaired) electrons. The third kappa shape index (κ3) is 6.61. The van der Waals surface area contributed by atoms with Gasteiger partial charge >= 0.3 is 0 Å². The lowest BCUT2D eigenvalue weighted by Crippen LogP contribution is -2.35. The number of guanidine groups is 1. The Morgan fingerprint density at radius 1 is 1.12 bits per heavy atom. The van der Waals surface area contributed by atoms with E-state index in [9.17, 15) is 0 Å². The van der Waals surface area contributed by atoms with Crippen LogP contribution in [0.3, 0.4) is 0 Å². The number of aromatic nitrogens is 2. The summed E-state index contributed by atoms with van der Waals surface area (Å²) in [7, 11) is 0. The number of nitrogens with zero attached hydrogens (tertiary/aromatic N) is 4. The molecule has 0 amide bonds. The summed E-state index contributed by atoms with van der Waals surface area (Å²) >= 11 is 12.4. The van der Waals surface area contributed by atoms with Gasteiger partial charge in [-0.2, -0.15) is 4.98 Å². The van der Waals surface area contributed by atoms with Crippen molar-refractivity contribution in [3.8, 4) is 0 Å². The molecular formula is C30H35Cl2N9O. The van der Waals surface area contributed by atoms with Gasteiger partial charge in [0.1, 0.15) is 23.0 Å². The zero-order valence-corrected chi connectivity index (χ0v) is 25.1. The predicted molar refractivity (Wildman–Crippen MR) is 170 cm³/mol. The third-order valence-corrected chi connectivity index (χ3v) is 8.42. The fraction of sp³-hybridized carbons (Fsp3) is 0.333. The first-order valence-electron chi connectivity index (χ1n) is 13.9. The summed E-state index contributed by atoms with van der Waals surface area (Å²) < 4.78 is 6.13. The molecule has 1 saturated heterocycles. The van der Waals surface area contributed by atoms with Crippen molar-refractivity contribution in [1.29, 1.82) is 10.8 Å². The van der Waals surface area contributed by atoms with Crippen LogP contribution >= 0.6 is 23.2 Å². The zero-order chi connectivity index (χ0) is 30.0. The summed E-state index contributed by atoms with van der Waals surface area (Å²) in [6.45, 7) is 7.14. The average Bonchev–Trinajstić information content (AvgIpc) is 3.59. The van der Waals surface area contributed by atoms with Crippen LogP contribution in [-0.2, 0) is 6.42 Å². The molecule has 3 heterocycles. The van der Waals surface area contributed by atoms with Crippen molar-refractivity contribution < 1.29 is 4.42 Å². The fourth-order valence-electron chi connectivity index (χ4n) is 5.49. The molecule has 4 aromatic rings. The number of aryl methyl sites for hydroxylation is 2. The van der Waals surface area contributed by atoms with Crippen LogP contribution in [0, 0.1) is 23.7 Å². The van der Waals surface area contributed by atoms with Crippen molar-refractivity contribution in [2.24, 2.45) is 17.4 Å². The Morgan fingerprint density at radius 2 is 1.93 bits per heavy atom. The van der Waals surface area contributed by atoms with Gasteiger partial charge in [0.2, 0.25) is 5.95 Å². The molecule has 2 atom stereocenters. The van der Waals surface area contributed by atoms with Gasteiger partial charge in [-0.05, 0) is 81.2 Å². The number of halogens is 2. The van der Waals surface area contributed by atoms with Gasteiger partial charge in [0.25, 0.3) is 0 Å². The van der Waals surface area contributed by atoms with Gasteiger partial charge in [0.05, 0.1) is 15.7 Å². The Hall–Kier alpha value is -3.86. The quantitative estimate of drug-likeness (QED) is 0.110. The van der Waals surface area contributed by atoms with Crippen LogP contribution < -0.4 is 21.7 Å². The minimum absolute atomic E-state index is 0.0348. The number of hydrogen-bond acceptors (Lipinski definition) is 7.